The van der Waals surface area contributed by atoms with E-state index in [0.717, 1.165) is 31.5 Å². The molecule has 1 aliphatic rings. The van der Waals surface area contributed by atoms with Crippen LogP contribution in [0.3, 0.4) is 0 Å². The fourth-order valence-electron chi connectivity index (χ4n) is 2.47. The van der Waals surface area contributed by atoms with E-state index < -0.39 is 23.6 Å². The van der Waals surface area contributed by atoms with Crippen molar-refractivity contribution in [3.63, 3.8) is 0 Å². The van der Waals surface area contributed by atoms with Gasteiger partial charge in [-0.2, -0.15) is 0 Å². The second-order valence-corrected chi connectivity index (χ2v) is 5.57. The Morgan fingerprint density at radius 2 is 2.00 bits per heavy atom. The Balaban J connectivity index is 2.17. The summed E-state index contributed by atoms with van der Waals surface area (Å²) in [6.07, 6.45) is 1.89. The van der Waals surface area contributed by atoms with Crippen LogP contribution in [0.15, 0.2) is 18.2 Å². The van der Waals surface area contributed by atoms with Crippen LogP contribution in [-0.4, -0.2) is 18.5 Å². The maximum atomic E-state index is 13.5. The number of carbonyl (C=O) groups excluding carboxylic acids is 1. The van der Waals surface area contributed by atoms with E-state index in [4.69, 9.17) is 0 Å². The molecule has 1 aromatic rings. The van der Waals surface area contributed by atoms with Crippen LogP contribution in [0.1, 0.15) is 26.7 Å². The molecule has 1 fully saturated rings. The Kier molecular flexibility index (Phi) is 3.85. The highest BCUT2D eigenvalue weighted by Gasteiger charge is 2.37. The minimum atomic E-state index is -0.762. The number of nitrogens with one attached hydrogen (secondary N) is 2. The van der Waals surface area contributed by atoms with Gasteiger partial charge in [-0.3, -0.25) is 4.79 Å². The summed E-state index contributed by atoms with van der Waals surface area (Å²) >= 11 is 0. The molecule has 2 N–H and O–H groups in total. The van der Waals surface area contributed by atoms with Crippen LogP contribution in [-0.2, 0) is 4.79 Å². The second kappa shape index (κ2) is 5.25. The van der Waals surface area contributed by atoms with Crippen molar-refractivity contribution < 1.29 is 13.6 Å². The molecule has 1 amide bonds. The quantitative estimate of drug-likeness (QED) is 0.866. The molecule has 0 aliphatic carbocycles. The zero-order valence-electron chi connectivity index (χ0n) is 11.1. The topological polar surface area (TPSA) is 41.1 Å². The molecule has 2 rings (SSSR count). The number of hydrogen-bond acceptors (Lipinski definition) is 2. The van der Waals surface area contributed by atoms with Crippen molar-refractivity contribution in [2.45, 2.75) is 32.7 Å². The van der Waals surface area contributed by atoms with Gasteiger partial charge in [0.2, 0.25) is 5.91 Å². The number of carbonyl (C=O) groups is 1. The molecule has 0 radical (unpaired) electrons. The first-order chi connectivity index (χ1) is 8.92. The van der Waals surface area contributed by atoms with Crippen LogP contribution >= 0.6 is 0 Å². The zero-order chi connectivity index (χ0) is 14.0. The SMILES string of the molecule is CC1(C)CCCNC1C(=O)Nc1c(F)cccc1F. The first-order valence-electron chi connectivity index (χ1n) is 6.40. The van der Waals surface area contributed by atoms with E-state index in [1.165, 1.54) is 6.07 Å². The van der Waals surface area contributed by atoms with E-state index in [-0.39, 0.29) is 11.1 Å². The highest BCUT2D eigenvalue weighted by molar-refractivity contribution is 5.95. The Morgan fingerprint density at radius 3 is 2.58 bits per heavy atom. The Hall–Kier alpha value is -1.49. The fourth-order valence-corrected chi connectivity index (χ4v) is 2.47. The molecular weight excluding hydrogens is 250 g/mol. The minimum absolute atomic E-state index is 0.232. The van der Waals surface area contributed by atoms with Crippen molar-refractivity contribution in [1.82, 2.24) is 5.32 Å². The monoisotopic (exact) mass is 268 g/mol. The van der Waals surface area contributed by atoms with Crippen LogP contribution in [0, 0.1) is 17.0 Å². The van der Waals surface area contributed by atoms with E-state index in [0.29, 0.717) is 0 Å². The van der Waals surface area contributed by atoms with Gasteiger partial charge in [0.1, 0.15) is 17.3 Å². The predicted octanol–water partition coefficient (Wildman–Crippen LogP) is 2.68. The van der Waals surface area contributed by atoms with Crippen molar-refractivity contribution in [3.8, 4) is 0 Å². The summed E-state index contributed by atoms with van der Waals surface area (Å²) in [6, 6.07) is 3.07. The van der Waals surface area contributed by atoms with Crippen molar-refractivity contribution in [2.24, 2.45) is 5.41 Å². The molecule has 0 aromatic heterocycles. The van der Waals surface area contributed by atoms with Crippen molar-refractivity contribution in [3.05, 3.63) is 29.8 Å². The van der Waals surface area contributed by atoms with Crippen LogP contribution in [0.5, 0.6) is 0 Å². The number of halogens is 2. The number of amides is 1. The first kappa shape index (κ1) is 13.9. The average Bonchev–Trinajstić information content (AvgIpc) is 2.33. The molecule has 0 spiro atoms. The lowest BCUT2D eigenvalue weighted by molar-refractivity contribution is -0.121. The van der Waals surface area contributed by atoms with Gasteiger partial charge in [0.15, 0.2) is 0 Å². The van der Waals surface area contributed by atoms with Crippen LogP contribution in [0.25, 0.3) is 0 Å². The number of hydrogen-bond donors (Lipinski definition) is 2. The highest BCUT2D eigenvalue weighted by atomic mass is 19.1. The Morgan fingerprint density at radius 1 is 1.37 bits per heavy atom. The van der Waals surface area contributed by atoms with Gasteiger partial charge in [0.25, 0.3) is 0 Å². The predicted molar refractivity (Wildman–Crippen MR) is 69.8 cm³/mol. The van der Waals surface area contributed by atoms with E-state index in [1.54, 1.807) is 0 Å². The van der Waals surface area contributed by atoms with Crippen molar-refractivity contribution >= 4 is 11.6 Å². The van der Waals surface area contributed by atoms with Gasteiger partial charge in [-0.1, -0.05) is 19.9 Å². The minimum Gasteiger partial charge on any atom is -0.320 e. The molecule has 5 heteroatoms. The summed E-state index contributed by atoms with van der Waals surface area (Å²) in [7, 11) is 0. The zero-order valence-corrected chi connectivity index (χ0v) is 11.1. The molecule has 1 unspecified atom stereocenters. The lowest BCUT2D eigenvalue weighted by Crippen LogP contribution is -2.53. The van der Waals surface area contributed by atoms with Gasteiger partial charge >= 0.3 is 0 Å². The number of benzene rings is 1. The summed E-state index contributed by atoms with van der Waals surface area (Å²) in [5.74, 6) is -1.92. The number of anilines is 1. The van der Waals surface area contributed by atoms with Crippen molar-refractivity contribution in [1.29, 1.82) is 0 Å². The summed E-state index contributed by atoms with van der Waals surface area (Å²) < 4.78 is 27.0. The van der Waals surface area contributed by atoms with E-state index in [9.17, 15) is 13.6 Å². The molecule has 104 valence electrons. The lowest BCUT2D eigenvalue weighted by Gasteiger charge is -2.38. The molecule has 1 aromatic carbocycles. The van der Waals surface area contributed by atoms with Gasteiger partial charge in [-0.05, 0) is 36.9 Å². The lowest BCUT2D eigenvalue weighted by atomic mass is 9.77. The van der Waals surface area contributed by atoms with Crippen LogP contribution in [0.4, 0.5) is 14.5 Å². The van der Waals surface area contributed by atoms with Gasteiger partial charge in [-0.15, -0.1) is 0 Å². The third-order valence-corrected chi connectivity index (χ3v) is 3.60. The molecule has 1 atom stereocenters. The number of piperidine rings is 1. The van der Waals surface area contributed by atoms with Crippen molar-refractivity contribution in [2.75, 3.05) is 11.9 Å². The van der Waals surface area contributed by atoms with E-state index in [2.05, 4.69) is 10.6 Å². The number of rotatable bonds is 2. The average molecular weight is 268 g/mol. The standard InChI is InChI=1S/C14H18F2N2O/c1-14(2)7-4-8-17-12(14)13(19)18-11-9(15)5-3-6-10(11)16/h3,5-6,12,17H,4,7-8H2,1-2H3,(H,18,19). The summed E-state index contributed by atoms with van der Waals surface area (Å²) in [4.78, 5) is 12.2. The normalized spacial score (nSPS) is 22.0. The molecule has 0 saturated carbocycles. The molecule has 19 heavy (non-hydrogen) atoms. The Labute approximate surface area is 111 Å². The first-order valence-corrected chi connectivity index (χ1v) is 6.40. The van der Waals surface area contributed by atoms with Crippen LogP contribution < -0.4 is 10.6 Å². The molecule has 1 aliphatic heterocycles. The maximum absolute atomic E-state index is 13.5. The van der Waals surface area contributed by atoms with Gasteiger partial charge in [0.05, 0.1) is 6.04 Å². The molecular formula is C14H18F2N2O. The Bertz CT molecular complexity index is 468. The fraction of sp³-hybridized carbons (Fsp3) is 0.500. The summed E-state index contributed by atoms with van der Waals surface area (Å²) in [5.41, 5.74) is -0.611. The third-order valence-electron chi connectivity index (χ3n) is 3.60. The maximum Gasteiger partial charge on any atom is 0.242 e. The highest BCUT2D eigenvalue weighted by Crippen LogP contribution is 2.31. The number of para-hydroxylation sites is 1. The largest absolute Gasteiger partial charge is 0.320 e. The van der Waals surface area contributed by atoms with Gasteiger partial charge in [-0.25, -0.2) is 8.78 Å². The molecule has 1 saturated heterocycles. The van der Waals surface area contributed by atoms with Gasteiger partial charge in [0, 0.05) is 0 Å². The molecule has 1 heterocycles. The van der Waals surface area contributed by atoms with E-state index >= 15 is 0 Å². The second-order valence-electron chi connectivity index (χ2n) is 5.57. The molecule has 3 nitrogen and oxygen atoms in total. The van der Waals surface area contributed by atoms with E-state index in [1.807, 2.05) is 13.8 Å². The van der Waals surface area contributed by atoms with Gasteiger partial charge < -0.3 is 10.6 Å². The smallest absolute Gasteiger partial charge is 0.242 e. The summed E-state index contributed by atoms with van der Waals surface area (Å²) in [6.45, 7) is 4.68. The summed E-state index contributed by atoms with van der Waals surface area (Å²) in [5, 5.41) is 5.46. The molecule has 0 bridgehead atoms. The third kappa shape index (κ3) is 2.92. The van der Waals surface area contributed by atoms with Crippen LogP contribution in [0.2, 0.25) is 0 Å².